The minimum atomic E-state index is -0.454. The Bertz CT molecular complexity index is 384. The Morgan fingerprint density at radius 1 is 1.37 bits per heavy atom. The van der Waals surface area contributed by atoms with Crippen LogP contribution in [0.2, 0.25) is 5.02 Å². The number of aliphatic hydroxyl groups excluding tert-OH is 1. The summed E-state index contributed by atoms with van der Waals surface area (Å²) in [5, 5.41) is 15.1. The molecular formula is C15H22ClNOS. The standard InChI is InChI=1S/C15H22ClNOS/c1-2-19-15-5-3-4-13(15)17-10-14(18)11-6-8-12(16)9-7-11/h6-9,13-15,17-18H,2-5,10H2,1H3. The van der Waals surface area contributed by atoms with Crippen LogP contribution in [0.1, 0.15) is 37.9 Å². The first-order valence-electron chi connectivity index (χ1n) is 6.99. The summed E-state index contributed by atoms with van der Waals surface area (Å²) in [7, 11) is 0. The topological polar surface area (TPSA) is 32.3 Å². The van der Waals surface area contributed by atoms with Gasteiger partial charge in [0.05, 0.1) is 6.10 Å². The van der Waals surface area contributed by atoms with Gasteiger partial charge in [-0.1, -0.05) is 37.1 Å². The molecule has 1 fully saturated rings. The molecule has 1 aromatic carbocycles. The van der Waals surface area contributed by atoms with Gasteiger partial charge in [-0.3, -0.25) is 0 Å². The highest BCUT2D eigenvalue weighted by molar-refractivity contribution is 7.99. The molecular weight excluding hydrogens is 278 g/mol. The molecule has 0 spiro atoms. The number of hydrogen-bond acceptors (Lipinski definition) is 3. The van der Waals surface area contributed by atoms with Crippen molar-refractivity contribution in [2.24, 2.45) is 0 Å². The lowest BCUT2D eigenvalue weighted by atomic mass is 10.1. The highest BCUT2D eigenvalue weighted by atomic mass is 35.5. The SMILES string of the molecule is CCSC1CCCC1NCC(O)c1ccc(Cl)cc1. The van der Waals surface area contributed by atoms with Crippen molar-refractivity contribution in [3.63, 3.8) is 0 Å². The van der Waals surface area contributed by atoms with E-state index in [0.29, 0.717) is 22.9 Å². The number of thioether (sulfide) groups is 1. The Morgan fingerprint density at radius 2 is 2.11 bits per heavy atom. The normalized spacial score (nSPS) is 24.6. The van der Waals surface area contributed by atoms with Crippen molar-refractivity contribution in [2.45, 2.75) is 43.6 Å². The highest BCUT2D eigenvalue weighted by Crippen LogP contribution is 2.30. The molecule has 2 nitrogen and oxygen atoms in total. The van der Waals surface area contributed by atoms with E-state index in [9.17, 15) is 5.11 Å². The average Bonchev–Trinajstić information content (AvgIpc) is 2.85. The molecule has 4 heteroatoms. The Hall–Kier alpha value is -0.220. The van der Waals surface area contributed by atoms with E-state index in [-0.39, 0.29) is 0 Å². The summed E-state index contributed by atoms with van der Waals surface area (Å²) in [6.45, 7) is 2.83. The van der Waals surface area contributed by atoms with Crippen molar-refractivity contribution in [1.29, 1.82) is 0 Å². The molecule has 0 saturated heterocycles. The second kappa shape index (κ2) is 7.53. The van der Waals surface area contributed by atoms with E-state index in [2.05, 4.69) is 12.2 Å². The zero-order chi connectivity index (χ0) is 13.7. The fraction of sp³-hybridized carbons (Fsp3) is 0.600. The summed E-state index contributed by atoms with van der Waals surface area (Å²) < 4.78 is 0. The molecule has 3 atom stereocenters. The first kappa shape index (κ1) is 15.2. The second-order valence-corrected chi connectivity index (χ2v) is 6.96. The number of nitrogens with one attached hydrogen (secondary N) is 1. The molecule has 106 valence electrons. The molecule has 0 amide bonds. The van der Waals surface area contributed by atoms with Crippen LogP contribution in [-0.2, 0) is 0 Å². The van der Waals surface area contributed by atoms with Gasteiger partial charge in [-0.2, -0.15) is 11.8 Å². The molecule has 0 aromatic heterocycles. The third-order valence-corrected chi connectivity index (χ3v) is 5.24. The summed E-state index contributed by atoms with van der Waals surface area (Å²) in [5.74, 6) is 1.17. The Morgan fingerprint density at radius 3 is 2.79 bits per heavy atom. The minimum Gasteiger partial charge on any atom is -0.387 e. The van der Waals surface area contributed by atoms with Gasteiger partial charge in [0, 0.05) is 22.9 Å². The monoisotopic (exact) mass is 299 g/mol. The van der Waals surface area contributed by atoms with Crippen molar-refractivity contribution in [2.75, 3.05) is 12.3 Å². The lowest BCUT2D eigenvalue weighted by Gasteiger charge is -2.22. The minimum absolute atomic E-state index is 0.454. The van der Waals surface area contributed by atoms with Crippen LogP contribution in [0.25, 0.3) is 0 Å². The predicted molar refractivity (Wildman–Crippen MR) is 84.0 cm³/mol. The molecule has 3 unspecified atom stereocenters. The molecule has 2 rings (SSSR count). The van der Waals surface area contributed by atoms with E-state index in [4.69, 9.17) is 11.6 Å². The van der Waals surface area contributed by atoms with Gasteiger partial charge in [-0.25, -0.2) is 0 Å². The summed E-state index contributed by atoms with van der Waals surface area (Å²) in [4.78, 5) is 0. The van der Waals surface area contributed by atoms with Crippen molar-refractivity contribution in [3.8, 4) is 0 Å². The summed E-state index contributed by atoms with van der Waals surface area (Å²) in [5.41, 5.74) is 0.926. The highest BCUT2D eigenvalue weighted by Gasteiger charge is 2.27. The van der Waals surface area contributed by atoms with Gasteiger partial charge in [0.1, 0.15) is 0 Å². The van der Waals surface area contributed by atoms with E-state index in [1.165, 1.54) is 25.0 Å². The molecule has 0 heterocycles. The molecule has 2 N–H and O–H groups in total. The first-order chi connectivity index (χ1) is 9.20. The van der Waals surface area contributed by atoms with Crippen LogP contribution in [0.3, 0.4) is 0 Å². The molecule has 1 saturated carbocycles. The third kappa shape index (κ3) is 4.38. The molecule has 1 aromatic rings. The average molecular weight is 300 g/mol. The second-order valence-electron chi connectivity index (χ2n) is 5.01. The smallest absolute Gasteiger partial charge is 0.0914 e. The molecule has 0 bridgehead atoms. The number of hydrogen-bond donors (Lipinski definition) is 2. The number of benzene rings is 1. The number of rotatable bonds is 6. The molecule has 0 radical (unpaired) electrons. The number of halogens is 1. The van der Waals surface area contributed by atoms with Crippen LogP contribution in [0.5, 0.6) is 0 Å². The lowest BCUT2D eigenvalue weighted by Crippen LogP contribution is -2.37. The van der Waals surface area contributed by atoms with Crippen molar-refractivity contribution < 1.29 is 5.11 Å². The van der Waals surface area contributed by atoms with Gasteiger partial charge < -0.3 is 10.4 Å². The number of aliphatic hydroxyl groups is 1. The Balaban J connectivity index is 1.82. The molecule has 1 aliphatic carbocycles. The van der Waals surface area contributed by atoms with Crippen LogP contribution in [0, 0.1) is 0 Å². The van der Waals surface area contributed by atoms with Crippen LogP contribution in [0.4, 0.5) is 0 Å². The fourth-order valence-corrected chi connectivity index (χ4v) is 3.99. The maximum Gasteiger partial charge on any atom is 0.0914 e. The van der Waals surface area contributed by atoms with Crippen molar-refractivity contribution in [1.82, 2.24) is 5.32 Å². The van der Waals surface area contributed by atoms with E-state index < -0.39 is 6.10 Å². The van der Waals surface area contributed by atoms with E-state index in [0.717, 1.165) is 5.56 Å². The lowest BCUT2D eigenvalue weighted by molar-refractivity contribution is 0.170. The summed E-state index contributed by atoms with van der Waals surface area (Å²) in [6, 6.07) is 7.98. The van der Waals surface area contributed by atoms with Gasteiger partial charge in [0.25, 0.3) is 0 Å². The van der Waals surface area contributed by atoms with Crippen molar-refractivity contribution >= 4 is 23.4 Å². The van der Waals surface area contributed by atoms with Crippen LogP contribution in [-0.4, -0.2) is 28.7 Å². The van der Waals surface area contributed by atoms with E-state index in [1.54, 1.807) is 0 Å². The molecule has 19 heavy (non-hydrogen) atoms. The maximum absolute atomic E-state index is 10.2. The van der Waals surface area contributed by atoms with Gasteiger partial charge in [0.2, 0.25) is 0 Å². The zero-order valence-electron chi connectivity index (χ0n) is 11.3. The Labute approximate surface area is 124 Å². The largest absolute Gasteiger partial charge is 0.387 e. The van der Waals surface area contributed by atoms with Crippen LogP contribution < -0.4 is 5.32 Å². The fourth-order valence-electron chi connectivity index (χ4n) is 2.64. The van der Waals surface area contributed by atoms with E-state index >= 15 is 0 Å². The van der Waals surface area contributed by atoms with Gasteiger partial charge in [-0.05, 0) is 36.3 Å². The summed E-state index contributed by atoms with van der Waals surface area (Å²) >= 11 is 7.89. The summed E-state index contributed by atoms with van der Waals surface area (Å²) in [6.07, 6.45) is 3.37. The maximum atomic E-state index is 10.2. The van der Waals surface area contributed by atoms with Gasteiger partial charge >= 0.3 is 0 Å². The molecule has 0 aliphatic heterocycles. The van der Waals surface area contributed by atoms with Crippen LogP contribution >= 0.6 is 23.4 Å². The van der Waals surface area contributed by atoms with E-state index in [1.807, 2.05) is 36.0 Å². The van der Waals surface area contributed by atoms with Crippen molar-refractivity contribution in [3.05, 3.63) is 34.9 Å². The molecule has 1 aliphatic rings. The van der Waals surface area contributed by atoms with Crippen LogP contribution in [0.15, 0.2) is 24.3 Å². The predicted octanol–water partition coefficient (Wildman–Crippen LogP) is 3.64. The third-order valence-electron chi connectivity index (χ3n) is 3.66. The quantitative estimate of drug-likeness (QED) is 0.841. The zero-order valence-corrected chi connectivity index (χ0v) is 12.9. The Kier molecular flexibility index (Phi) is 6.02. The van der Waals surface area contributed by atoms with Gasteiger partial charge in [0.15, 0.2) is 0 Å². The van der Waals surface area contributed by atoms with Gasteiger partial charge in [-0.15, -0.1) is 0 Å². The first-order valence-corrected chi connectivity index (χ1v) is 8.42.